The standard InChI is InChI=1S/C15H12BrClN4S/c1-8(22-15-20-13(17)12(16)14(18)21-15)11-6-9-4-2-3-5-10(9)7-19-11/h2-8H,1H3,(H2,18,20,21). The van der Waals surface area contributed by atoms with E-state index in [1.165, 1.54) is 11.8 Å². The van der Waals surface area contributed by atoms with Crippen LogP contribution in [0.25, 0.3) is 10.8 Å². The Bertz CT molecular complexity index is 820. The predicted molar refractivity (Wildman–Crippen MR) is 95.2 cm³/mol. The molecule has 2 heterocycles. The molecular formula is C15H12BrClN4S. The summed E-state index contributed by atoms with van der Waals surface area (Å²) in [6, 6.07) is 10.2. The third-order valence-electron chi connectivity index (χ3n) is 3.17. The van der Waals surface area contributed by atoms with Crippen LogP contribution >= 0.6 is 39.3 Å². The minimum Gasteiger partial charge on any atom is -0.383 e. The van der Waals surface area contributed by atoms with Gasteiger partial charge in [-0.15, -0.1) is 0 Å². The Morgan fingerprint density at radius 2 is 1.95 bits per heavy atom. The zero-order valence-corrected chi connectivity index (χ0v) is 14.8. The topological polar surface area (TPSA) is 64.7 Å². The first-order valence-electron chi connectivity index (χ1n) is 6.54. The van der Waals surface area contributed by atoms with Gasteiger partial charge in [-0.1, -0.05) is 47.6 Å². The first-order chi connectivity index (χ1) is 10.5. The monoisotopic (exact) mass is 394 g/mol. The molecule has 1 aromatic carbocycles. The smallest absolute Gasteiger partial charge is 0.191 e. The lowest BCUT2D eigenvalue weighted by Crippen LogP contribution is -1.99. The van der Waals surface area contributed by atoms with Crippen molar-refractivity contribution in [2.45, 2.75) is 17.3 Å². The minimum atomic E-state index is 0.0845. The molecule has 7 heteroatoms. The highest BCUT2D eigenvalue weighted by molar-refractivity contribution is 9.10. The van der Waals surface area contributed by atoms with Crippen molar-refractivity contribution < 1.29 is 0 Å². The summed E-state index contributed by atoms with van der Waals surface area (Å²) in [7, 11) is 0. The van der Waals surface area contributed by atoms with Crippen molar-refractivity contribution in [2.75, 3.05) is 5.73 Å². The van der Waals surface area contributed by atoms with Crippen LogP contribution < -0.4 is 5.73 Å². The van der Waals surface area contributed by atoms with Crippen molar-refractivity contribution in [3.63, 3.8) is 0 Å². The van der Waals surface area contributed by atoms with Crippen LogP contribution in [0.4, 0.5) is 5.82 Å². The van der Waals surface area contributed by atoms with Gasteiger partial charge >= 0.3 is 0 Å². The second-order valence-corrected chi connectivity index (χ2v) is 7.17. The third kappa shape index (κ3) is 3.19. The predicted octanol–water partition coefficient (Wildman–Crippen LogP) is 4.88. The number of aromatic nitrogens is 3. The molecule has 0 amide bonds. The molecule has 0 saturated heterocycles. The Kier molecular flexibility index (Phi) is 4.52. The van der Waals surface area contributed by atoms with Gasteiger partial charge in [0.2, 0.25) is 0 Å². The molecule has 0 bridgehead atoms. The van der Waals surface area contributed by atoms with Crippen molar-refractivity contribution >= 4 is 55.9 Å². The van der Waals surface area contributed by atoms with Gasteiger partial charge in [-0.3, -0.25) is 4.98 Å². The largest absolute Gasteiger partial charge is 0.383 e. The van der Waals surface area contributed by atoms with Gasteiger partial charge in [0.1, 0.15) is 11.0 Å². The Morgan fingerprint density at radius 3 is 2.68 bits per heavy atom. The number of anilines is 1. The van der Waals surface area contributed by atoms with Crippen molar-refractivity contribution in [2.24, 2.45) is 0 Å². The molecule has 1 unspecified atom stereocenters. The van der Waals surface area contributed by atoms with Crippen molar-refractivity contribution in [3.8, 4) is 0 Å². The summed E-state index contributed by atoms with van der Waals surface area (Å²) in [6.45, 7) is 2.05. The molecular weight excluding hydrogens is 384 g/mol. The average molecular weight is 396 g/mol. The van der Waals surface area contributed by atoms with Crippen molar-refractivity contribution in [1.82, 2.24) is 15.0 Å². The molecule has 0 aliphatic rings. The van der Waals surface area contributed by atoms with Crippen LogP contribution in [0.2, 0.25) is 5.15 Å². The zero-order chi connectivity index (χ0) is 15.7. The van der Waals surface area contributed by atoms with E-state index in [4.69, 9.17) is 17.3 Å². The highest BCUT2D eigenvalue weighted by Crippen LogP contribution is 2.35. The van der Waals surface area contributed by atoms with Crippen molar-refractivity contribution in [1.29, 1.82) is 0 Å². The maximum Gasteiger partial charge on any atom is 0.191 e. The first-order valence-corrected chi connectivity index (χ1v) is 8.59. The summed E-state index contributed by atoms with van der Waals surface area (Å²) in [6.07, 6.45) is 1.88. The molecule has 22 heavy (non-hydrogen) atoms. The number of halogens is 2. The van der Waals surface area contributed by atoms with E-state index < -0.39 is 0 Å². The Hall–Kier alpha value is -1.37. The number of pyridine rings is 1. The van der Waals surface area contributed by atoms with E-state index >= 15 is 0 Å². The van der Waals surface area contributed by atoms with Crippen LogP contribution in [0.1, 0.15) is 17.9 Å². The summed E-state index contributed by atoms with van der Waals surface area (Å²) in [4.78, 5) is 13.0. The number of rotatable bonds is 3. The first kappa shape index (κ1) is 15.5. The number of benzene rings is 1. The molecule has 4 nitrogen and oxygen atoms in total. The molecule has 3 rings (SSSR count). The molecule has 0 aliphatic heterocycles. The third-order valence-corrected chi connectivity index (χ3v) is 5.44. The second kappa shape index (κ2) is 6.40. The van der Waals surface area contributed by atoms with Gasteiger partial charge in [-0.05, 0) is 34.3 Å². The number of nitrogens with two attached hydrogens (primary N) is 1. The summed E-state index contributed by atoms with van der Waals surface area (Å²) in [5.74, 6) is 0.334. The number of hydrogen-bond donors (Lipinski definition) is 1. The lowest BCUT2D eigenvalue weighted by molar-refractivity contribution is 0.942. The van der Waals surface area contributed by atoms with E-state index in [-0.39, 0.29) is 5.25 Å². The quantitative estimate of drug-likeness (QED) is 0.389. The number of nitrogens with zero attached hydrogens (tertiary/aromatic N) is 3. The number of fused-ring (bicyclic) bond motifs is 1. The van der Waals surface area contributed by atoms with Gasteiger partial charge in [0.05, 0.1) is 15.4 Å². The SMILES string of the molecule is CC(Sc1nc(N)c(Br)c(Cl)n1)c1cc2ccccc2cn1. The van der Waals surface area contributed by atoms with Gasteiger partial charge < -0.3 is 5.73 Å². The summed E-state index contributed by atoms with van der Waals surface area (Å²) in [5, 5.41) is 3.22. The maximum absolute atomic E-state index is 6.02. The minimum absolute atomic E-state index is 0.0845. The summed E-state index contributed by atoms with van der Waals surface area (Å²) >= 11 is 10.7. The van der Waals surface area contributed by atoms with E-state index in [1.807, 2.05) is 24.4 Å². The normalized spacial score (nSPS) is 12.5. The number of nitrogen functional groups attached to an aromatic ring is 1. The van der Waals surface area contributed by atoms with Crippen LogP contribution in [0.3, 0.4) is 0 Å². The van der Waals surface area contributed by atoms with Crippen LogP contribution in [-0.2, 0) is 0 Å². The van der Waals surface area contributed by atoms with Crippen LogP contribution in [0.5, 0.6) is 0 Å². The molecule has 1 atom stereocenters. The molecule has 0 aliphatic carbocycles. The molecule has 0 radical (unpaired) electrons. The van der Waals surface area contributed by atoms with Gasteiger partial charge in [0, 0.05) is 11.6 Å². The maximum atomic E-state index is 6.02. The van der Waals surface area contributed by atoms with Crippen LogP contribution in [0.15, 0.2) is 46.2 Å². The summed E-state index contributed by atoms with van der Waals surface area (Å²) < 4.78 is 0.523. The molecule has 2 aromatic heterocycles. The zero-order valence-electron chi connectivity index (χ0n) is 11.6. The molecule has 112 valence electrons. The fraction of sp³-hybridized carbons (Fsp3) is 0.133. The Morgan fingerprint density at radius 1 is 1.23 bits per heavy atom. The van der Waals surface area contributed by atoms with E-state index in [0.29, 0.717) is 20.6 Å². The highest BCUT2D eigenvalue weighted by atomic mass is 79.9. The lowest BCUT2D eigenvalue weighted by Gasteiger charge is -2.11. The van der Waals surface area contributed by atoms with Crippen LogP contribution in [-0.4, -0.2) is 15.0 Å². The number of hydrogen-bond acceptors (Lipinski definition) is 5. The van der Waals surface area contributed by atoms with Crippen molar-refractivity contribution in [3.05, 3.63) is 51.8 Å². The Labute approximate surface area is 145 Å². The van der Waals surface area contributed by atoms with Gasteiger partial charge in [0.25, 0.3) is 0 Å². The van der Waals surface area contributed by atoms with Gasteiger partial charge in [-0.2, -0.15) is 0 Å². The van der Waals surface area contributed by atoms with E-state index in [0.717, 1.165) is 16.5 Å². The average Bonchev–Trinajstić information content (AvgIpc) is 2.52. The molecule has 0 saturated carbocycles. The second-order valence-electron chi connectivity index (χ2n) is 4.71. The fourth-order valence-electron chi connectivity index (χ4n) is 2.01. The van der Waals surface area contributed by atoms with E-state index in [9.17, 15) is 0 Å². The van der Waals surface area contributed by atoms with Gasteiger partial charge in [0.15, 0.2) is 5.16 Å². The highest BCUT2D eigenvalue weighted by Gasteiger charge is 2.14. The Balaban J connectivity index is 1.88. The molecule has 0 spiro atoms. The molecule has 0 fully saturated rings. The van der Waals surface area contributed by atoms with Gasteiger partial charge in [-0.25, -0.2) is 9.97 Å². The molecule has 3 aromatic rings. The van der Waals surface area contributed by atoms with E-state index in [1.54, 1.807) is 0 Å². The number of thioether (sulfide) groups is 1. The molecule has 2 N–H and O–H groups in total. The summed E-state index contributed by atoms with van der Waals surface area (Å²) in [5.41, 5.74) is 6.76. The van der Waals surface area contributed by atoms with Crippen LogP contribution in [0, 0.1) is 0 Å². The van der Waals surface area contributed by atoms with E-state index in [2.05, 4.69) is 49.9 Å². The fourth-order valence-corrected chi connectivity index (χ4v) is 3.28. The lowest BCUT2D eigenvalue weighted by atomic mass is 10.1.